The lowest BCUT2D eigenvalue weighted by atomic mass is 10.0. The van der Waals surface area contributed by atoms with E-state index in [9.17, 15) is 14.4 Å². The van der Waals surface area contributed by atoms with Crippen molar-refractivity contribution in [2.45, 2.75) is 354 Å². The highest BCUT2D eigenvalue weighted by Gasteiger charge is 2.19. The molecule has 0 amide bonds. The zero-order valence-electron chi connectivity index (χ0n) is 48.5. The third-order valence-corrected chi connectivity index (χ3v) is 14.3. The molecule has 0 aromatic rings. The number of rotatable bonds is 59. The van der Waals surface area contributed by atoms with E-state index < -0.39 is 6.10 Å². The summed E-state index contributed by atoms with van der Waals surface area (Å²) in [5, 5.41) is 0. The number of allylic oxidation sites excluding steroid dienone is 6. The molecule has 0 aliphatic carbocycles. The van der Waals surface area contributed by atoms with E-state index in [-0.39, 0.29) is 31.1 Å². The molecule has 0 atom stereocenters. The molecule has 422 valence electrons. The summed E-state index contributed by atoms with van der Waals surface area (Å²) in [5.41, 5.74) is 0. The molecule has 0 saturated carbocycles. The van der Waals surface area contributed by atoms with E-state index in [1.54, 1.807) is 0 Å². The van der Waals surface area contributed by atoms with Gasteiger partial charge in [0.05, 0.1) is 0 Å². The average Bonchev–Trinajstić information content (AvgIpc) is 3.38. The summed E-state index contributed by atoms with van der Waals surface area (Å²) in [6.45, 7) is 6.65. The lowest BCUT2D eigenvalue weighted by Gasteiger charge is -2.18. The maximum Gasteiger partial charge on any atom is 0.306 e. The van der Waals surface area contributed by atoms with Gasteiger partial charge in [0.15, 0.2) is 6.10 Å². The van der Waals surface area contributed by atoms with Crippen molar-refractivity contribution in [3.05, 3.63) is 36.5 Å². The fraction of sp³-hybridized carbons (Fsp3) is 0.864. The van der Waals surface area contributed by atoms with Crippen LogP contribution in [0.15, 0.2) is 36.5 Å². The Morgan fingerprint density at radius 1 is 0.264 bits per heavy atom. The summed E-state index contributed by atoms with van der Waals surface area (Å²) in [7, 11) is 0. The van der Waals surface area contributed by atoms with Crippen molar-refractivity contribution >= 4 is 17.9 Å². The number of carbonyl (C=O) groups excluding carboxylic acids is 3. The number of hydrogen-bond donors (Lipinski definition) is 0. The first kappa shape index (κ1) is 69.6. The predicted molar refractivity (Wildman–Crippen MR) is 312 cm³/mol. The third-order valence-electron chi connectivity index (χ3n) is 14.3. The van der Waals surface area contributed by atoms with Crippen LogP contribution >= 0.6 is 0 Å². The fourth-order valence-electron chi connectivity index (χ4n) is 9.49. The Labute approximate surface area is 448 Å². The fourth-order valence-corrected chi connectivity index (χ4v) is 9.49. The Hall–Kier alpha value is -2.37. The molecule has 0 N–H and O–H groups in total. The molecule has 6 nitrogen and oxygen atoms in total. The number of ether oxygens (including phenoxy) is 3. The van der Waals surface area contributed by atoms with Gasteiger partial charge in [-0.15, -0.1) is 0 Å². The van der Waals surface area contributed by atoms with Gasteiger partial charge in [-0.25, -0.2) is 0 Å². The van der Waals surface area contributed by atoms with Crippen molar-refractivity contribution in [3.63, 3.8) is 0 Å². The van der Waals surface area contributed by atoms with Gasteiger partial charge in [0, 0.05) is 19.3 Å². The van der Waals surface area contributed by atoms with Gasteiger partial charge in [-0.1, -0.05) is 269 Å². The van der Waals surface area contributed by atoms with Crippen LogP contribution in [0, 0.1) is 0 Å². The minimum atomic E-state index is -0.799. The van der Waals surface area contributed by atoms with Crippen molar-refractivity contribution in [3.8, 4) is 0 Å². The van der Waals surface area contributed by atoms with Gasteiger partial charge in [0.25, 0.3) is 0 Å². The first-order chi connectivity index (χ1) is 35.5. The van der Waals surface area contributed by atoms with Crippen LogP contribution in [0.25, 0.3) is 0 Å². The summed E-state index contributed by atoms with van der Waals surface area (Å²) in [4.78, 5) is 38.3. The zero-order valence-corrected chi connectivity index (χ0v) is 48.5. The molecule has 0 heterocycles. The van der Waals surface area contributed by atoms with Crippen LogP contribution in [0.2, 0.25) is 0 Å². The molecule has 72 heavy (non-hydrogen) atoms. The second-order valence-electron chi connectivity index (χ2n) is 21.7. The van der Waals surface area contributed by atoms with E-state index in [4.69, 9.17) is 14.2 Å². The molecule has 0 bridgehead atoms. The van der Waals surface area contributed by atoms with E-state index in [0.29, 0.717) is 19.3 Å². The lowest BCUT2D eigenvalue weighted by molar-refractivity contribution is -0.167. The Bertz CT molecular complexity index is 1140. The van der Waals surface area contributed by atoms with Gasteiger partial charge in [0.1, 0.15) is 13.2 Å². The Morgan fingerprint density at radius 3 is 0.694 bits per heavy atom. The van der Waals surface area contributed by atoms with Crippen LogP contribution in [0.4, 0.5) is 0 Å². The van der Waals surface area contributed by atoms with E-state index in [2.05, 4.69) is 57.2 Å². The molecule has 0 spiro atoms. The monoisotopic (exact) mass is 1010 g/mol. The Kier molecular flexibility index (Phi) is 59.2. The van der Waals surface area contributed by atoms with Gasteiger partial charge in [-0.3, -0.25) is 14.4 Å². The highest BCUT2D eigenvalue weighted by atomic mass is 16.6. The molecule has 0 aromatic carbocycles. The minimum Gasteiger partial charge on any atom is -0.462 e. The Morgan fingerprint density at radius 2 is 0.458 bits per heavy atom. The molecular weight excluding hydrogens is 889 g/mol. The van der Waals surface area contributed by atoms with Gasteiger partial charge in [0.2, 0.25) is 0 Å². The molecule has 0 fully saturated rings. The largest absolute Gasteiger partial charge is 0.462 e. The van der Waals surface area contributed by atoms with Crippen molar-refractivity contribution < 1.29 is 28.6 Å². The SMILES string of the molecule is CCCCCCCCCCCCCCC=CCCCCC(=O)OCC(COC(=O)CCCCC=CCCCCCCCCCCCCCC)OC(=O)CCCCC=CCCCCCCCCCCCCCC. The quantitative estimate of drug-likeness (QED) is 0.0261. The summed E-state index contributed by atoms with van der Waals surface area (Å²) in [5.74, 6) is -0.937. The Balaban J connectivity index is 4.40. The maximum atomic E-state index is 12.9. The lowest BCUT2D eigenvalue weighted by Crippen LogP contribution is -2.30. The van der Waals surface area contributed by atoms with Gasteiger partial charge in [-0.2, -0.15) is 0 Å². The first-order valence-electron chi connectivity index (χ1n) is 32.0. The molecular formula is C66H122O6. The molecule has 0 aromatic heterocycles. The number of esters is 3. The van der Waals surface area contributed by atoms with E-state index in [1.165, 1.54) is 231 Å². The van der Waals surface area contributed by atoms with Crippen LogP contribution in [0.3, 0.4) is 0 Å². The molecule has 0 unspecified atom stereocenters. The molecule has 0 aliphatic heterocycles. The molecule has 0 saturated heterocycles. The highest BCUT2D eigenvalue weighted by molar-refractivity contribution is 5.71. The summed E-state index contributed by atoms with van der Waals surface area (Å²) >= 11 is 0. The van der Waals surface area contributed by atoms with Crippen LogP contribution in [-0.4, -0.2) is 37.2 Å². The molecule has 0 aliphatic rings. The molecule has 6 heteroatoms. The van der Waals surface area contributed by atoms with Crippen LogP contribution in [-0.2, 0) is 28.6 Å². The minimum absolute atomic E-state index is 0.0946. The third kappa shape index (κ3) is 58.5. The first-order valence-corrected chi connectivity index (χ1v) is 32.0. The van der Waals surface area contributed by atoms with Gasteiger partial charge >= 0.3 is 17.9 Å². The summed E-state index contributed by atoms with van der Waals surface area (Å²) in [6, 6.07) is 0. The van der Waals surface area contributed by atoms with Gasteiger partial charge < -0.3 is 14.2 Å². The highest BCUT2D eigenvalue weighted by Crippen LogP contribution is 2.17. The van der Waals surface area contributed by atoms with E-state index in [0.717, 1.165) is 77.0 Å². The predicted octanol–water partition coefficient (Wildman–Crippen LogP) is 21.6. The molecule has 0 radical (unpaired) electrons. The van der Waals surface area contributed by atoms with E-state index >= 15 is 0 Å². The van der Waals surface area contributed by atoms with Crippen LogP contribution in [0.1, 0.15) is 348 Å². The smallest absolute Gasteiger partial charge is 0.306 e. The van der Waals surface area contributed by atoms with Crippen LogP contribution in [0.5, 0.6) is 0 Å². The van der Waals surface area contributed by atoms with Crippen molar-refractivity contribution in [2.75, 3.05) is 13.2 Å². The average molecular weight is 1010 g/mol. The van der Waals surface area contributed by atoms with Gasteiger partial charge in [-0.05, 0) is 96.3 Å². The normalized spacial score (nSPS) is 12.2. The van der Waals surface area contributed by atoms with Crippen molar-refractivity contribution in [1.82, 2.24) is 0 Å². The second-order valence-corrected chi connectivity index (χ2v) is 21.7. The number of unbranched alkanes of at least 4 members (excludes halogenated alkanes) is 42. The van der Waals surface area contributed by atoms with Crippen LogP contribution < -0.4 is 0 Å². The van der Waals surface area contributed by atoms with Crippen molar-refractivity contribution in [1.29, 1.82) is 0 Å². The zero-order chi connectivity index (χ0) is 52.2. The number of hydrogen-bond acceptors (Lipinski definition) is 6. The van der Waals surface area contributed by atoms with Crippen molar-refractivity contribution in [2.24, 2.45) is 0 Å². The standard InChI is InChI=1S/C66H122O6/c1-4-7-10-13-16-19-22-25-28-31-34-37-40-43-46-49-52-55-58-64(67)70-61-63(72-66(69)60-57-54-51-48-45-42-39-36-33-30-27-24-21-18-15-12-9-6-3)62-71-65(68)59-56-53-50-47-44-41-38-35-32-29-26-23-20-17-14-11-8-5-2/h43-48,63H,4-42,49-62H2,1-3H3. The molecule has 0 rings (SSSR count). The topological polar surface area (TPSA) is 78.9 Å². The number of carbonyl (C=O) groups is 3. The summed E-state index contributed by atoms with van der Waals surface area (Å²) in [6.07, 6.45) is 74.5. The maximum absolute atomic E-state index is 12.9. The summed E-state index contributed by atoms with van der Waals surface area (Å²) < 4.78 is 16.9. The van der Waals surface area contributed by atoms with E-state index in [1.807, 2.05) is 0 Å². The second kappa shape index (κ2) is 61.2.